The molecule has 0 radical (unpaired) electrons. The average Bonchev–Trinajstić information content (AvgIpc) is 2.35. The molecule has 0 aromatic heterocycles. The van der Waals surface area contributed by atoms with Crippen molar-refractivity contribution in [2.75, 3.05) is 5.75 Å². The summed E-state index contributed by atoms with van der Waals surface area (Å²) < 4.78 is 25.7. The number of amidine groups is 1. The third-order valence-corrected chi connectivity index (χ3v) is 3.94. The summed E-state index contributed by atoms with van der Waals surface area (Å²) in [5.74, 6) is 0.166. The molecule has 18 heavy (non-hydrogen) atoms. The number of hydrogen-bond donors (Lipinski definition) is 3. The maximum absolute atomic E-state index is 11.6. The van der Waals surface area contributed by atoms with Crippen LogP contribution in [0.2, 0.25) is 0 Å². The highest BCUT2D eigenvalue weighted by atomic mass is 32.2. The van der Waals surface area contributed by atoms with Gasteiger partial charge in [0.15, 0.2) is 0 Å². The maximum Gasteiger partial charge on any atom is 0.211 e. The van der Waals surface area contributed by atoms with Gasteiger partial charge in [0.05, 0.1) is 5.75 Å². The van der Waals surface area contributed by atoms with Gasteiger partial charge in [-0.15, -0.1) is 0 Å². The minimum Gasteiger partial charge on any atom is -0.384 e. The zero-order chi connectivity index (χ0) is 13.6. The number of nitrogen functional groups attached to an aromatic ring is 1. The van der Waals surface area contributed by atoms with Crippen LogP contribution < -0.4 is 10.5 Å². The molecule has 0 atom stereocenters. The largest absolute Gasteiger partial charge is 0.384 e. The molecule has 1 aromatic rings. The molecule has 1 aromatic carbocycles. The highest BCUT2D eigenvalue weighted by molar-refractivity contribution is 7.89. The Hall–Kier alpha value is -1.40. The molecule has 1 rings (SSSR count). The number of nitrogens with one attached hydrogen (secondary N) is 2. The molecule has 0 aliphatic carbocycles. The molecule has 6 heteroatoms. The van der Waals surface area contributed by atoms with Crippen LogP contribution in [0, 0.1) is 5.41 Å². The van der Waals surface area contributed by atoms with E-state index < -0.39 is 10.0 Å². The van der Waals surface area contributed by atoms with Gasteiger partial charge in [0.2, 0.25) is 10.0 Å². The van der Waals surface area contributed by atoms with Gasteiger partial charge in [-0.05, 0) is 12.0 Å². The molecule has 0 bridgehead atoms. The summed E-state index contributed by atoms with van der Waals surface area (Å²) in [6, 6.07) is 6.94. The van der Waals surface area contributed by atoms with Crippen LogP contribution in [0.15, 0.2) is 24.3 Å². The molecule has 0 fully saturated rings. The van der Waals surface area contributed by atoms with Crippen LogP contribution in [0.3, 0.4) is 0 Å². The Balaban J connectivity index is 2.56. The first-order chi connectivity index (χ1) is 8.44. The lowest BCUT2D eigenvalue weighted by atomic mass is 10.1. The molecule has 0 saturated carbocycles. The van der Waals surface area contributed by atoms with Crippen molar-refractivity contribution in [2.24, 2.45) is 5.73 Å². The van der Waals surface area contributed by atoms with E-state index in [0.29, 0.717) is 12.0 Å². The molecular weight excluding hydrogens is 250 g/mol. The van der Waals surface area contributed by atoms with Gasteiger partial charge in [0.1, 0.15) is 5.84 Å². The molecule has 4 N–H and O–H groups in total. The van der Waals surface area contributed by atoms with Crippen molar-refractivity contribution in [1.82, 2.24) is 4.72 Å². The van der Waals surface area contributed by atoms with Crippen LogP contribution >= 0.6 is 0 Å². The molecular formula is C12H19N3O2S. The summed E-state index contributed by atoms with van der Waals surface area (Å²) in [7, 11) is -3.19. The summed E-state index contributed by atoms with van der Waals surface area (Å²) in [4.78, 5) is 0. The Morgan fingerprint density at radius 1 is 1.33 bits per heavy atom. The lowest BCUT2D eigenvalue weighted by molar-refractivity contribution is 0.578. The first-order valence-corrected chi connectivity index (χ1v) is 7.50. The molecule has 0 amide bonds. The van der Waals surface area contributed by atoms with Gasteiger partial charge in [0, 0.05) is 12.1 Å². The van der Waals surface area contributed by atoms with Crippen molar-refractivity contribution in [2.45, 2.75) is 26.3 Å². The van der Waals surface area contributed by atoms with Crippen LogP contribution in [0.5, 0.6) is 0 Å². The van der Waals surface area contributed by atoms with E-state index in [1.165, 1.54) is 0 Å². The molecule has 0 aliphatic rings. The minimum absolute atomic E-state index is 0.00470. The van der Waals surface area contributed by atoms with Gasteiger partial charge < -0.3 is 5.73 Å². The Morgan fingerprint density at radius 3 is 2.44 bits per heavy atom. The van der Waals surface area contributed by atoms with Crippen LogP contribution in [0.1, 0.15) is 30.9 Å². The maximum atomic E-state index is 11.6. The van der Waals surface area contributed by atoms with Crippen molar-refractivity contribution in [3.63, 3.8) is 0 Å². The van der Waals surface area contributed by atoms with Crippen LogP contribution in [0.25, 0.3) is 0 Å². The number of unbranched alkanes of at least 4 members (excludes halogenated alkanes) is 1. The molecule has 0 unspecified atom stereocenters. The smallest absolute Gasteiger partial charge is 0.211 e. The van der Waals surface area contributed by atoms with Crippen LogP contribution in [-0.4, -0.2) is 20.0 Å². The topological polar surface area (TPSA) is 96.0 Å². The number of benzene rings is 1. The van der Waals surface area contributed by atoms with Crippen molar-refractivity contribution in [3.8, 4) is 0 Å². The Morgan fingerprint density at radius 2 is 1.94 bits per heavy atom. The normalized spacial score (nSPS) is 11.4. The number of sulfonamides is 1. The van der Waals surface area contributed by atoms with E-state index in [4.69, 9.17) is 11.1 Å². The van der Waals surface area contributed by atoms with Crippen molar-refractivity contribution in [1.29, 1.82) is 5.41 Å². The van der Waals surface area contributed by atoms with Gasteiger partial charge in [-0.2, -0.15) is 0 Å². The first-order valence-electron chi connectivity index (χ1n) is 5.85. The van der Waals surface area contributed by atoms with Gasteiger partial charge in [-0.1, -0.05) is 37.6 Å². The molecule has 0 aliphatic heterocycles. The fourth-order valence-corrected chi connectivity index (χ4v) is 2.60. The van der Waals surface area contributed by atoms with Gasteiger partial charge >= 0.3 is 0 Å². The highest BCUT2D eigenvalue weighted by Crippen LogP contribution is 2.04. The second-order valence-electron chi connectivity index (χ2n) is 4.10. The van der Waals surface area contributed by atoms with E-state index in [1.807, 2.05) is 6.92 Å². The monoisotopic (exact) mass is 269 g/mol. The van der Waals surface area contributed by atoms with Gasteiger partial charge in [-0.3, -0.25) is 5.41 Å². The summed E-state index contributed by atoms with van der Waals surface area (Å²) in [6.45, 7) is 2.22. The van der Waals surface area contributed by atoms with E-state index in [1.54, 1.807) is 24.3 Å². The summed E-state index contributed by atoms with van der Waals surface area (Å²) >= 11 is 0. The third kappa shape index (κ3) is 4.85. The number of nitrogens with two attached hydrogens (primary N) is 1. The van der Waals surface area contributed by atoms with Crippen molar-refractivity contribution >= 4 is 15.9 Å². The minimum atomic E-state index is -3.19. The third-order valence-electron chi connectivity index (χ3n) is 2.53. The summed E-state index contributed by atoms with van der Waals surface area (Å²) in [5, 5.41) is 7.25. The SMILES string of the molecule is CCCCS(=O)(=O)NCc1ccc(C(=N)N)cc1. The lowest BCUT2D eigenvalue weighted by Crippen LogP contribution is -2.25. The quantitative estimate of drug-likeness (QED) is 0.512. The van der Waals surface area contributed by atoms with Crippen LogP contribution in [0.4, 0.5) is 0 Å². The Kier molecular flexibility index (Phi) is 5.30. The average molecular weight is 269 g/mol. The fraction of sp³-hybridized carbons (Fsp3) is 0.417. The predicted molar refractivity (Wildman–Crippen MR) is 73.0 cm³/mol. The van der Waals surface area contributed by atoms with E-state index in [0.717, 1.165) is 12.0 Å². The predicted octanol–water partition coefficient (Wildman–Crippen LogP) is 1.19. The Labute approximate surface area is 108 Å². The van der Waals surface area contributed by atoms with Gasteiger partial charge in [-0.25, -0.2) is 13.1 Å². The molecule has 0 saturated heterocycles. The molecule has 100 valence electrons. The molecule has 0 heterocycles. The fourth-order valence-electron chi connectivity index (χ4n) is 1.40. The standard InChI is InChI=1S/C12H19N3O2S/c1-2-3-8-18(16,17)15-9-10-4-6-11(7-5-10)12(13)14/h4-7,15H,2-3,8-9H2,1H3,(H3,13,14). The van der Waals surface area contributed by atoms with Gasteiger partial charge in [0.25, 0.3) is 0 Å². The van der Waals surface area contributed by atoms with E-state index >= 15 is 0 Å². The number of hydrogen-bond acceptors (Lipinski definition) is 3. The zero-order valence-corrected chi connectivity index (χ0v) is 11.3. The van der Waals surface area contributed by atoms with E-state index in [9.17, 15) is 8.42 Å². The van der Waals surface area contributed by atoms with Crippen molar-refractivity contribution < 1.29 is 8.42 Å². The lowest BCUT2D eigenvalue weighted by Gasteiger charge is -2.06. The summed E-state index contributed by atoms with van der Waals surface area (Å²) in [5.41, 5.74) is 6.81. The van der Waals surface area contributed by atoms with E-state index in [2.05, 4.69) is 4.72 Å². The zero-order valence-electron chi connectivity index (χ0n) is 10.4. The second kappa shape index (κ2) is 6.51. The second-order valence-corrected chi connectivity index (χ2v) is 6.03. The van der Waals surface area contributed by atoms with Crippen molar-refractivity contribution in [3.05, 3.63) is 35.4 Å². The Bertz CT molecular complexity index is 495. The molecule has 0 spiro atoms. The highest BCUT2D eigenvalue weighted by Gasteiger charge is 2.08. The number of rotatable bonds is 7. The van der Waals surface area contributed by atoms with Crippen LogP contribution in [-0.2, 0) is 16.6 Å². The molecule has 5 nitrogen and oxygen atoms in total. The summed E-state index contributed by atoms with van der Waals surface area (Å²) in [6.07, 6.45) is 1.52. The first kappa shape index (κ1) is 14.7. The van der Waals surface area contributed by atoms with E-state index in [-0.39, 0.29) is 18.1 Å².